The van der Waals surface area contributed by atoms with Crippen LogP contribution in [0, 0.1) is 7.43 Å². The van der Waals surface area contributed by atoms with Crippen LogP contribution >= 0.6 is 0 Å². The van der Waals surface area contributed by atoms with Gasteiger partial charge in [0, 0.05) is 0 Å². The minimum absolute atomic E-state index is 0. The minimum Gasteiger partial charge on any atom is -0.358 e. The van der Waals surface area contributed by atoms with Gasteiger partial charge in [0.25, 0.3) is 10.1 Å². The van der Waals surface area contributed by atoms with Gasteiger partial charge in [0.1, 0.15) is 0 Å². The fourth-order valence-electron chi connectivity index (χ4n) is 0. The minimum atomic E-state index is -3.67. The first kappa shape index (κ1) is 15.6. The predicted octanol–water partition coefficient (Wildman–Crippen LogP) is -0.427. The van der Waals surface area contributed by atoms with Crippen LogP contribution in [0.15, 0.2) is 0 Å². The van der Waals surface area contributed by atoms with Crippen LogP contribution in [-0.2, 0) is 10.1 Å². The summed E-state index contributed by atoms with van der Waals surface area (Å²) in [5, 5.41) is 0. The maximum Gasteiger partial charge on any atom is 2.00 e. The summed E-state index contributed by atoms with van der Waals surface area (Å²) in [6.45, 7) is 0. The summed E-state index contributed by atoms with van der Waals surface area (Å²) in [5.74, 6) is 0. The average Bonchev–Trinajstić information content (AvgIpc) is 0.722. The van der Waals surface area contributed by atoms with Gasteiger partial charge in [-0.05, 0) is 0 Å². The topological polar surface area (TPSA) is 54.4 Å². The molecule has 0 fully saturated rings. The summed E-state index contributed by atoms with van der Waals surface area (Å²) in [6, 6.07) is 0. The predicted molar refractivity (Wildman–Crippen MR) is 29.6 cm³/mol. The maximum absolute atomic E-state index is 9.19. The molecule has 0 atom stereocenters. The van der Waals surface area contributed by atoms with E-state index in [4.69, 9.17) is 4.55 Å². The molecule has 0 saturated carbocycles. The Morgan fingerprint density at radius 1 is 1.43 bits per heavy atom. The Bertz CT molecular complexity index is 96.1. The van der Waals surface area contributed by atoms with E-state index in [1.165, 1.54) is 0 Å². The normalized spacial score (nSPS) is 8.29. The van der Waals surface area contributed by atoms with E-state index in [0.29, 0.717) is 6.26 Å². The monoisotopic (exact) mass is 135 g/mol. The van der Waals surface area contributed by atoms with E-state index >= 15 is 0 Å². The van der Waals surface area contributed by atoms with E-state index in [-0.39, 0.29) is 30.5 Å². The van der Waals surface area contributed by atoms with Gasteiger partial charge in [-0.2, -0.15) is 8.42 Å². The van der Waals surface area contributed by atoms with Gasteiger partial charge in [0.05, 0.1) is 6.26 Å². The van der Waals surface area contributed by atoms with E-state index in [2.05, 4.69) is 0 Å². The molecule has 0 aromatic rings. The third kappa shape index (κ3) is 319. The van der Waals surface area contributed by atoms with Gasteiger partial charge in [0.2, 0.25) is 0 Å². The van der Waals surface area contributed by atoms with E-state index < -0.39 is 10.1 Å². The van der Waals surface area contributed by atoms with Crippen LogP contribution in [0.4, 0.5) is 0 Å². The Morgan fingerprint density at radius 3 is 1.43 bits per heavy atom. The molecule has 0 bridgehead atoms. The van der Waals surface area contributed by atoms with Crippen molar-refractivity contribution in [3.05, 3.63) is 7.43 Å². The van der Waals surface area contributed by atoms with Crippen LogP contribution in [-0.4, -0.2) is 42.3 Å². The van der Waals surface area contributed by atoms with Crippen molar-refractivity contribution < 1.29 is 13.0 Å². The van der Waals surface area contributed by atoms with Crippen LogP contribution in [0.25, 0.3) is 0 Å². The standard InChI is InChI=1S/CH4O3S.CH3.Mg/c1-5(2,3)4;;/h1H3,(H,2,3,4);1H3;/q;-1;+2. The van der Waals surface area contributed by atoms with Crippen LogP contribution < -0.4 is 0 Å². The second kappa shape index (κ2) is 4.83. The van der Waals surface area contributed by atoms with Gasteiger partial charge in [-0.15, -0.1) is 0 Å². The Labute approximate surface area is 60.0 Å². The molecule has 0 aromatic heterocycles. The Hall–Kier alpha value is 0.676. The van der Waals surface area contributed by atoms with Crippen molar-refractivity contribution in [1.29, 1.82) is 0 Å². The summed E-state index contributed by atoms with van der Waals surface area (Å²) in [4.78, 5) is 0. The Kier molecular flexibility index (Phi) is 10.8. The molecule has 40 valence electrons. The molecule has 1 N–H and O–H groups in total. The molecule has 0 saturated heterocycles. The van der Waals surface area contributed by atoms with Crippen LogP contribution in [0.5, 0.6) is 0 Å². The van der Waals surface area contributed by atoms with E-state index in [9.17, 15) is 8.42 Å². The third-order valence-corrected chi connectivity index (χ3v) is 0. The molecule has 3 nitrogen and oxygen atoms in total. The number of hydrogen-bond donors (Lipinski definition) is 1. The molecule has 0 spiro atoms. The molecule has 0 aliphatic rings. The largest absolute Gasteiger partial charge is 2.00 e. The molecular weight excluding hydrogens is 128 g/mol. The first-order valence-electron chi connectivity index (χ1n) is 0.924. The van der Waals surface area contributed by atoms with Crippen molar-refractivity contribution in [3.63, 3.8) is 0 Å². The van der Waals surface area contributed by atoms with Gasteiger partial charge in [-0.25, -0.2) is 0 Å². The van der Waals surface area contributed by atoms with E-state index in [0.717, 1.165) is 0 Å². The van der Waals surface area contributed by atoms with Crippen molar-refractivity contribution in [2.45, 2.75) is 0 Å². The second-order valence-electron chi connectivity index (χ2n) is 0.733. The fourth-order valence-corrected chi connectivity index (χ4v) is 0. The molecule has 0 radical (unpaired) electrons. The first-order chi connectivity index (χ1) is 2.00. The Morgan fingerprint density at radius 2 is 1.43 bits per heavy atom. The molecule has 0 heterocycles. The summed E-state index contributed by atoms with van der Waals surface area (Å²) < 4.78 is 25.9. The van der Waals surface area contributed by atoms with E-state index in [1.807, 2.05) is 0 Å². The van der Waals surface area contributed by atoms with Gasteiger partial charge in [0.15, 0.2) is 0 Å². The van der Waals surface area contributed by atoms with Gasteiger partial charge in [-0.3, -0.25) is 4.55 Å². The van der Waals surface area contributed by atoms with Crippen molar-refractivity contribution in [1.82, 2.24) is 0 Å². The summed E-state index contributed by atoms with van der Waals surface area (Å²) in [7, 11) is -3.67. The average molecular weight is 135 g/mol. The molecule has 0 unspecified atom stereocenters. The molecule has 0 amide bonds. The SMILES string of the molecule is CS(=O)(=O)O.[CH3-].[Mg+2]. The molecule has 7 heavy (non-hydrogen) atoms. The van der Waals surface area contributed by atoms with Gasteiger partial charge in [-0.1, -0.05) is 0 Å². The molecule has 0 aliphatic heterocycles. The Balaban J connectivity index is -0.0000000800. The quantitative estimate of drug-likeness (QED) is 0.279. The number of hydrogen-bond acceptors (Lipinski definition) is 2. The summed E-state index contributed by atoms with van der Waals surface area (Å²) in [5.41, 5.74) is 0. The molecule has 0 aliphatic carbocycles. The van der Waals surface area contributed by atoms with Crippen LogP contribution in [0.2, 0.25) is 0 Å². The smallest absolute Gasteiger partial charge is 0.358 e. The second-order valence-corrected chi connectivity index (χ2v) is 2.20. The summed E-state index contributed by atoms with van der Waals surface area (Å²) >= 11 is 0. The summed E-state index contributed by atoms with van der Waals surface area (Å²) in [6.07, 6.45) is 0.715. The molecule has 5 heteroatoms. The van der Waals surface area contributed by atoms with Crippen molar-refractivity contribution in [2.75, 3.05) is 6.26 Å². The van der Waals surface area contributed by atoms with Crippen molar-refractivity contribution >= 4 is 33.2 Å². The maximum atomic E-state index is 9.19. The van der Waals surface area contributed by atoms with Crippen molar-refractivity contribution in [3.8, 4) is 0 Å². The fraction of sp³-hybridized carbons (Fsp3) is 0.500. The van der Waals surface area contributed by atoms with Crippen LogP contribution in [0.1, 0.15) is 0 Å². The molecule has 0 aromatic carbocycles. The first-order valence-corrected chi connectivity index (χ1v) is 2.77. The number of rotatable bonds is 0. The van der Waals surface area contributed by atoms with E-state index in [1.54, 1.807) is 0 Å². The zero-order valence-electron chi connectivity index (χ0n) is 4.38. The van der Waals surface area contributed by atoms with Crippen molar-refractivity contribution in [2.24, 2.45) is 0 Å². The van der Waals surface area contributed by atoms with Gasteiger partial charge < -0.3 is 7.43 Å². The van der Waals surface area contributed by atoms with Gasteiger partial charge >= 0.3 is 23.1 Å². The van der Waals surface area contributed by atoms with Crippen LogP contribution in [0.3, 0.4) is 0 Å². The molecule has 0 rings (SSSR count). The third-order valence-electron chi connectivity index (χ3n) is 0. The zero-order chi connectivity index (χ0) is 4.50. The zero-order valence-corrected chi connectivity index (χ0v) is 6.61. The molecular formula is C2H7MgO3S+.